The summed E-state index contributed by atoms with van der Waals surface area (Å²) in [6, 6.07) is 9.09. The van der Waals surface area contributed by atoms with Gasteiger partial charge < -0.3 is 4.90 Å². The van der Waals surface area contributed by atoms with Crippen LogP contribution >= 0.6 is 27.5 Å². The van der Waals surface area contributed by atoms with Gasteiger partial charge in [0.05, 0.1) is 10.6 Å². The third-order valence-electron chi connectivity index (χ3n) is 2.70. The molecule has 0 N–H and O–H groups in total. The van der Waals surface area contributed by atoms with E-state index in [9.17, 15) is 4.79 Å². The van der Waals surface area contributed by atoms with Crippen LogP contribution < -0.4 is 0 Å². The average Bonchev–Trinajstić information content (AvgIpc) is 2.42. The van der Waals surface area contributed by atoms with E-state index in [0.29, 0.717) is 17.1 Å². The molecule has 0 radical (unpaired) electrons. The molecule has 5 heteroatoms. The zero-order chi connectivity index (χ0) is 13.8. The lowest BCUT2D eigenvalue weighted by molar-refractivity contribution is 0.0785. The van der Waals surface area contributed by atoms with Gasteiger partial charge in [-0.25, -0.2) is 0 Å². The van der Waals surface area contributed by atoms with Gasteiger partial charge in [0.2, 0.25) is 0 Å². The highest BCUT2D eigenvalue weighted by atomic mass is 79.9. The van der Waals surface area contributed by atoms with Crippen molar-refractivity contribution >= 4 is 33.4 Å². The summed E-state index contributed by atoms with van der Waals surface area (Å²) in [5.41, 5.74) is 1.52. The van der Waals surface area contributed by atoms with Gasteiger partial charge in [-0.2, -0.15) is 0 Å². The van der Waals surface area contributed by atoms with E-state index in [1.807, 2.05) is 18.2 Å². The highest BCUT2D eigenvalue weighted by Gasteiger charge is 2.16. The average molecular weight is 340 g/mol. The maximum Gasteiger partial charge on any atom is 0.255 e. The zero-order valence-electron chi connectivity index (χ0n) is 10.3. The molecule has 0 atom stereocenters. The Kier molecular flexibility index (Phi) is 4.56. The van der Waals surface area contributed by atoms with Crippen molar-refractivity contribution in [3.63, 3.8) is 0 Å². The largest absolute Gasteiger partial charge is 0.337 e. The van der Waals surface area contributed by atoms with Gasteiger partial charge in [-0.15, -0.1) is 0 Å². The van der Waals surface area contributed by atoms with E-state index < -0.39 is 0 Å². The Morgan fingerprint density at radius 1 is 1.32 bits per heavy atom. The van der Waals surface area contributed by atoms with Crippen LogP contribution in [0.15, 0.2) is 47.2 Å². The quantitative estimate of drug-likeness (QED) is 0.853. The van der Waals surface area contributed by atoms with E-state index in [1.165, 1.54) is 0 Å². The maximum atomic E-state index is 12.3. The second-order valence-corrected chi connectivity index (χ2v) is 5.35. The number of hydrogen-bond acceptors (Lipinski definition) is 2. The van der Waals surface area contributed by atoms with Crippen LogP contribution in [0.25, 0.3) is 0 Å². The molecule has 0 aliphatic carbocycles. The van der Waals surface area contributed by atoms with Crippen molar-refractivity contribution in [1.29, 1.82) is 0 Å². The summed E-state index contributed by atoms with van der Waals surface area (Å²) in [5, 5.41) is 0.439. The molecule has 2 rings (SSSR count). The minimum Gasteiger partial charge on any atom is -0.337 e. The molecule has 0 saturated heterocycles. The molecule has 0 unspecified atom stereocenters. The Balaban J connectivity index is 2.18. The molecule has 0 fully saturated rings. The highest BCUT2D eigenvalue weighted by molar-refractivity contribution is 9.10. The number of rotatable bonds is 3. The first-order valence-corrected chi connectivity index (χ1v) is 6.85. The fourth-order valence-electron chi connectivity index (χ4n) is 1.71. The molecule has 0 aliphatic heterocycles. The Hall–Kier alpha value is -1.39. The third-order valence-corrected chi connectivity index (χ3v) is 3.99. The second kappa shape index (κ2) is 6.17. The summed E-state index contributed by atoms with van der Waals surface area (Å²) < 4.78 is 0.720. The fourth-order valence-corrected chi connectivity index (χ4v) is 2.28. The molecule has 0 saturated carbocycles. The molecule has 19 heavy (non-hydrogen) atoms. The normalized spacial score (nSPS) is 10.3. The molecule has 0 bridgehead atoms. The predicted molar refractivity (Wildman–Crippen MR) is 79.2 cm³/mol. The number of halogens is 2. The summed E-state index contributed by atoms with van der Waals surface area (Å²) in [7, 11) is 1.75. The molecule has 1 amide bonds. The molecule has 0 spiro atoms. The number of carbonyl (C=O) groups is 1. The molecular weight excluding hydrogens is 328 g/mol. The van der Waals surface area contributed by atoms with Crippen LogP contribution in [0.1, 0.15) is 15.9 Å². The van der Waals surface area contributed by atoms with Crippen LogP contribution in [0.2, 0.25) is 5.02 Å². The van der Waals surface area contributed by atoms with Crippen LogP contribution in [0.4, 0.5) is 0 Å². The summed E-state index contributed by atoms with van der Waals surface area (Å²) in [6.45, 7) is 0.518. The van der Waals surface area contributed by atoms with Crippen molar-refractivity contribution in [2.75, 3.05) is 7.05 Å². The first kappa shape index (κ1) is 14.0. The van der Waals surface area contributed by atoms with Gasteiger partial charge in [-0.05, 0) is 45.8 Å². The van der Waals surface area contributed by atoms with Gasteiger partial charge in [0.15, 0.2) is 0 Å². The molecule has 98 valence electrons. The van der Waals surface area contributed by atoms with Gasteiger partial charge in [-0.1, -0.05) is 17.7 Å². The van der Waals surface area contributed by atoms with Gasteiger partial charge >= 0.3 is 0 Å². The van der Waals surface area contributed by atoms with E-state index in [-0.39, 0.29) is 5.91 Å². The minimum absolute atomic E-state index is 0.108. The lowest BCUT2D eigenvalue weighted by Gasteiger charge is -2.18. The van der Waals surface area contributed by atoms with Gasteiger partial charge in [0.25, 0.3) is 5.91 Å². The van der Waals surface area contributed by atoms with Gasteiger partial charge in [-0.3, -0.25) is 9.78 Å². The maximum absolute atomic E-state index is 12.3. The van der Waals surface area contributed by atoms with E-state index in [2.05, 4.69) is 20.9 Å². The van der Waals surface area contributed by atoms with E-state index >= 15 is 0 Å². The molecule has 1 heterocycles. The standard InChI is InChI=1S/C14H12BrClN2O/c1-18(9-10-5-7-17-8-6-10)14(19)11-3-2-4-12(15)13(11)16/h2-8H,9H2,1H3. The lowest BCUT2D eigenvalue weighted by Crippen LogP contribution is -2.26. The molecular formula is C14H12BrClN2O. The molecule has 1 aromatic carbocycles. The summed E-state index contributed by atoms with van der Waals surface area (Å²) in [6.07, 6.45) is 3.42. The van der Waals surface area contributed by atoms with Crippen molar-refractivity contribution in [2.45, 2.75) is 6.54 Å². The summed E-state index contributed by atoms with van der Waals surface area (Å²) in [5.74, 6) is -0.108. The Bertz CT molecular complexity index is 589. The van der Waals surface area contributed by atoms with E-state index in [4.69, 9.17) is 11.6 Å². The van der Waals surface area contributed by atoms with Crippen LogP contribution in [0, 0.1) is 0 Å². The van der Waals surface area contributed by atoms with E-state index in [0.717, 1.165) is 10.0 Å². The van der Waals surface area contributed by atoms with Crippen molar-refractivity contribution in [2.24, 2.45) is 0 Å². The number of hydrogen-bond donors (Lipinski definition) is 0. The van der Waals surface area contributed by atoms with Crippen molar-refractivity contribution in [3.05, 3.63) is 63.3 Å². The third kappa shape index (κ3) is 3.33. The first-order valence-electron chi connectivity index (χ1n) is 5.68. The van der Waals surface area contributed by atoms with Crippen LogP contribution in [-0.4, -0.2) is 22.8 Å². The van der Waals surface area contributed by atoms with Crippen LogP contribution in [-0.2, 0) is 6.54 Å². The summed E-state index contributed by atoms with van der Waals surface area (Å²) >= 11 is 9.45. The minimum atomic E-state index is -0.108. The number of pyridine rings is 1. The molecule has 1 aromatic heterocycles. The molecule has 2 aromatic rings. The Labute approximate surface area is 125 Å². The monoisotopic (exact) mass is 338 g/mol. The Morgan fingerprint density at radius 2 is 2.00 bits per heavy atom. The van der Waals surface area contributed by atoms with Crippen molar-refractivity contribution in [1.82, 2.24) is 9.88 Å². The predicted octanol–water partition coefficient (Wildman–Crippen LogP) is 3.77. The zero-order valence-corrected chi connectivity index (χ0v) is 12.6. The van der Waals surface area contributed by atoms with Crippen LogP contribution in [0.3, 0.4) is 0 Å². The van der Waals surface area contributed by atoms with E-state index in [1.54, 1.807) is 36.5 Å². The van der Waals surface area contributed by atoms with Crippen molar-refractivity contribution in [3.8, 4) is 0 Å². The highest BCUT2D eigenvalue weighted by Crippen LogP contribution is 2.27. The summed E-state index contributed by atoms with van der Waals surface area (Å²) in [4.78, 5) is 17.9. The molecule has 3 nitrogen and oxygen atoms in total. The number of aromatic nitrogens is 1. The smallest absolute Gasteiger partial charge is 0.255 e. The number of amides is 1. The van der Waals surface area contributed by atoms with Gasteiger partial charge in [0, 0.05) is 30.5 Å². The topological polar surface area (TPSA) is 33.2 Å². The van der Waals surface area contributed by atoms with Gasteiger partial charge in [0.1, 0.15) is 0 Å². The fraction of sp³-hybridized carbons (Fsp3) is 0.143. The Morgan fingerprint density at radius 3 is 2.68 bits per heavy atom. The second-order valence-electron chi connectivity index (χ2n) is 4.12. The molecule has 0 aliphatic rings. The first-order chi connectivity index (χ1) is 9.09. The van der Waals surface area contributed by atoms with Crippen molar-refractivity contribution < 1.29 is 4.79 Å². The lowest BCUT2D eigenvalue weighted by atomic mass is 10.2. The number of nitrogens with zero attached hydrogens (tertiary/aromatic N) is 2. The number of carbonyl (C=O) groups excluding carboxylic acids is 1. The SMILES string of the molecule is CN(Cc1ccncc1)C(=O)c1cccc(Br)c1Cl. The van der Waals surface area contributed by atoms with Crippen LogP contribution in [0.5, 0.6) is 0 Å². The number of benzene rings is 1.